The van der Waals surface area contributed by atoms with Gasteiger partial charge in [0.2, 0.25) is 0 Å². The first-order valence-corrected chi connectivity index (χ1v) is 12.9. The van der Waals surface area contributed by atoms with Crippen LogP contribution in [0.3, 0.4) is 0 Å². The number of rotatable bonds is 15. The second kappa shape index (κ2) is 15.7. The molecule has 0 saturated carbocycles. The van der Waals surface area contributed by atoms with Crippen LogP contribution in [-0.2, 0) is 0 Å². The molecule has 3 amide bonds. The summed E-state index contributed by atoms with van der Waals surface area (Å²) >= 11 is 0. The van der Waals surface area contributed by atoms with E-state index in [1.54, 1.807) is 94.1 Å². The fourth-order valence-corrected chi connectivity index (χ4v) is 3.92. The largest absolute Gasteiger partial charge is 0.497 e. The molecule has 3 N–H and O–H groups in total. The van der Waals surface area contributed by atoms with Crippen LogP contribution in [0.5, 0.6) is 17.2 Å². The summed E-state index contributed by atoms with van der Waals surface area (Å²) in [6, 6.07) is 20.8. The molecule has 0 radical (unpaired) electrons. The highest BCUT2D eigenvalue weighted by molar-refractivity contribution is 5.95. The van der Waals surface area contributed by atoms with Gasteiger partial charge < -0.3 is 30.2 Å². The molecule has 0 aromatic heterocycles. The highest BCUT2D eigenvalue weighted by atomic mass is 16.5. The average Bonchev–Trinajstić information content (AvgIpc) is 3.00. The summed E-state index contributed by atoms with van der Waals surface area (Å²) in [6.07, 6.45) is 0. The molecule has 10 heteroatoms. The number of hydrogen-bond acceptors (Lipinski definition) is 7. The maximum atomic E-state index is 12.6. The zero-order valence-corrected chi connectivity index (χ0v) is 23.1. The van der Waals surface area contributed by atoms with Gasteiger partial charge in [0.1, 0.15) is 17.2 Å². The van der Waals surface area contributed by atoms with Gasteiger partial charge in [-0.3, -0.25) is 19.3 Å². The number of amides is 3. The molecule has 3 aromatic carbocycles. The maximum absolute atomic E-state index is 12.6. The molecule has 0 atom stereocenters. The predicted octanol–water partition coefficient (Wildman–Crippen LogP) is 2.60. The van der Waals surface area contributed by atoms with Crippen molar-refractivity contribution in [1.82, 2.24) is 20.9 Å². The van der Waals surface area contributed by atoms with Crippen LogP contribution in [0.15, 0.2) is 72.8 Å². The molecule has 0 aliphatic carbocycles. The number of ether oxygens (including phenoxy) is 3. The van der Waals surface area contributed by atoms with Gasteiger partial charge in [-0.1, -0.05) is 18.2 Å². The molecule has 0 aliphatic heterocycles. The van der Waals surface area contributed by atoms with Crippen LogP contribution in [0.4, 0.5) is 0 Å². The summed E-state index contributed by atoms with van der Waals surface area (Å²) in [6.45, 7) is 2.68. The number of nitrogens with zero attached hydrogens (tertiary/aromatic N) is 1. The van der Waals surface area contributed by atoms with E-state index >= 15 is 0 Å². The Bertz CT molecular complexity index is 1130. The van der Waals surface area contributed by atoms with E-state index in [9.17, 15) is 14.4 Å². The molecule has 0 fully saturated rings. The number of methoxy groups -OCH3 is 3. The third-order valence-electron chi connectivity index (χ3n) is 6.14. The highest BCUT2D eigenvalue weighted by Gasteiger charge is 2.12. The van der Waals surface area contributed by atoms with Gasteiger partial charge in [-0.05, 0) is 54.6 Å². The Labute approximate surface area is 234 Å². The van der Waals surface area contributed by atoms with Crippen LogP contribution in [0.1, 0.15) is 31.1 Å². The molecule has 40 heavy (non-hydrogen) atoms. The van der Waals surface area contributed by atoms with E-state index in [4.69, 9.17) is 14.2 Å². The molecule has 0 saturated heterocycles. The monoisotopic (exact) mass is 548 g/mol. The van der Waals surface area contributed by atoms with Gasteiger partial charge in [0, 0.05) is 56.0 Å². The summed E-state index contributed by atoms with van der Waals surface area (Å²) in [7, 11) is 4.65. The van der Waals surface area contributed by atoms with Gasteiger partial charge in [0.25, 0.3) is 17.7 Å². The summed E-state index contributed by atoms with van der Waals surface area (Å²) in [5.74, 6) is 1.18. The fraction of sp³-hybridized carbons (Fsp3) is 0.300. The Morgan fingerprint density at radius 1 is 0.550 bits per heavy atom. The average molecular weight is 549 g/mol. The molecular weight excluding hydrogens is 512 g/mol. The first-order valence-electron chi connectivity index (χ1n) is 12.9. The molecular formula is C30H36N4O6. The molecule has 0 heterocycles. The molecule has 3 aromatic rings. The first kappa shape index (κ1) is 30.0. The third kappa shape index (κ3) is 9.32. The van der Waals surface area contributed by atoms with E-state index in [1.807, 2.05) is 0 Å². The van der Waals surface area contributed by atoms with Crippen LogP contribution in [0.25, 0.3) is 0 Å². The quantitative estimate of drug-likeness (QED) is 0.267. The predicted molar refractivity (Wildman–Crippen MR) is 152 cm³/mol. The minimum absolute atomic E-state index is 0.212. The lowest BCUT2D eigenvalue weighted by Crippen LogP contribution is -2.43. The topological polar surface area (TPSA) is 118 Å². The third-order valence-corrected chi connectivity index (χ3v) is 6.14. The van der Waals surface area contributed by atoms with E-state index in [1.165, 1.54) is 0 Å². The zero-order valence-electron chi connectivity index (χ0n) is 23.1. The lowest BCUT2D eigenvalue weighted by Gasteiger charge is -2.23. The minimum Gasteiger partial charge on any atom is -0.497 e. The molecule has 0 unspecified atom stereocenters. The molecule has 0 aliphatic rings. The van der Waals surface area contributed by atoms with Gasteiger partial charge in [-0.15, -0.1) is 0 Å². The summed E-state index contributed by atoms with van der Waals surface area (Å²) in [5, 5.41) is 8.75. The fourth-order valence-electron chi connectivity index (χ4n) is 3.92. The molecule has 212 valence electrons. The lowest BCUT2D eigenvalue weighted by atomic mass is 10.2. The van der Waals surface area contributed by atoms with Crippen molar-refractivity contribution in [2.75, 3.05) is 60.6 Å². The van der Waals surface area contributed by atoms with Crippen molar-refractivity contribution in [2.24, 2.45) is 0 Å². The van der Waals surface area contributed by atoms with Gasteiger partial charge in [-0.2, -0.15) is 0 Å². The van der Waals surface area contributed by atoms with Crippen molar-refractivity contribution in [3.63, 3.8) is 0 Å². The van der Waals surface area contributed by atoms with E-state index in [2.05, 4.69) is 20.9 Å². The molecule has 10 nitrogen and oxygen atoms in total. The second-order valence-corrected chi connectivity index (χ2v) is 8.81. The van der Waals surface area contributed by atoms with Gasteiger partial charge in [0.15, 0.2) is 0 Å². The number of hydrogen-bond donors (Lipinski definition) is 3. The van der Waals surface area contributed by atoms with Crippen molar-refractivity contribution >= 4 is 17.7 Å². The van der Waals surface area contributed by atoms with E-state index in [0.717, 1.165) is 0 Å². The van der Waals surface area contributed by atoms with Crippen molar-refractivity contribution in [3.05, 3.63) is 89.5 Å². The van der Waals surface area contributed by atoms with Crippen LogP contribution in [0, 0.1) is 0 Å². The smallest absolute Gasteiger partial charge is 0.251 e. The Morgan fingerprint density at radius 2 is 0.850 bits per heavy atom. The maximum Gasteiger partial charge on any atom is 0.251 e. The number of carbonyl (C=O) groups excluding carboxylic acids is 3. The van der Waals surface area contributed by atoms with Crippen LogP contribution < -0.4 is 30.2 Å². The van der Waals surface area contributed by atoms with Gasteiger partial charge >= 0.3 is 0 Å². The first-order chi connectivity index (χ1) is 19.4. The Morgan fingerprint density at radius 3 is 1.12 bits per heavy atom. The lowest BCUT2D eigenvalue weighted by molar-refractivity contribution is 0.0948. The standard InChI is InChI=1S/C30H36N4O6/c1-38-25-10-4-7-22(19-25)28(35)31-13-16-34(17-14-32-29(36)23-8-5-11-26(20-23)39-2)18-15-33-30(37)24-9-6-12-27(21-24)40-3/h4-12,19-21H,13-18H2,1-3H3,(H,31,35)(H,32,36)(H,33,37). The highest BCUT2D eigenvalue weighted by Crippen LogP contribution is 2.14. The number of benzene rings is 3. The Hall–Kier alpha value is -4.57. The van der Waals surface area contributed by atoms with Crippen molar-refractivity contribution in [2.45, 2.75) is 0 Å². The van der Waals surface area contributed by atoms with E-state index in [-0.39, 0.29) is 17.7 Å². The van der Waals surface area contributed by atoms with Gasteiger partial charge in [-0.25, -0.2) is 0 Å². The molecule has 3 rings (SSSR count). The van der Waals surface area contributed by atoms with E-state index in [0.29, 0.717) is 73.2 Å². The van der Waals surface area contributed by atoms with Crippen molar-refractivity contribution in [3.8, 4) is 17.2 Å². The molecule has 0 spiro atoms. The summed E-state index contributed by atoms with van der Waals surface area (Å²) < 4.78 is 15.6. The summed E-state index contributed by atoms with van der Waals surface area (Å²) in [5.41, 5.74) is 1.51. The molecule has 0 bridgehead atoms. The van der Waals surface area contributed by atoms with Crippen molar-refractivity contribution < 1.29 is 28.6 Å². The van der Waals surface area contributed by atoms with Gasteiger partial charge in [0.05, 0.1) is 21.3 Å². The van der Waals surface area contributed by atoms with Crippen molar-refractivity contribution in [1.29, 1.82) is 0 Å². The van der Waals surface area contributed by atoms with Crippen LogP contribution in [0.2, 0.25) is 0 Å². The normalized spacial score (nSPS) is 10.5. The Balaban J connectivity index is 1.54. The van der Waals surface area contributed by atoms with E-state index < -0.39 is 0 Å². The SMILES string of the molecule is COc1cccc(C(=O)NCCN(CCNC(=O)c2cccc(OC)c2)CCNC(=O)c2cccc(OC)c2)c1. The minimum atomic E-state index is -0.212. The summed E-state index contributed by atoms with van der Waals surface area (Å²) in [4.78, 5) is 39.9. The van der Waals surface area contributed by atoms with Crippen LogP contribution >= 0.6 is 0 Å². The zero-order chi connectivity index (χ0) is 28.7. The van der Waals surface area contributed by atoms with Crippen LogP contribution in [-0.4, -0.2) is 83.2 Å². The second-order valence-electron chi connectivity index (χ2n) is 8.81. The number of carbonyl (C=O) groups is 3. The number of nitrogens with one attached hydrogen (secondary N) is 3. The Kier molecular flexibility index (Phi) is 11.8.